The van der Waals surface area contributed by atoms with Gasteiger partial charge in [0.05, 0.1) is 10.7 Å². The van der Waals surface area contributed by atoms with Gasteiger partial charge in [0.25, 0.3) is 0 Å². The Kier molecular flexibility index (Phi) is 7.37. The molecule has 2 aromatic rings. The molecule has 2 rings (SSSR count). The Morgan fingerprint density at radius 3 is 2.52 bits per heavy atom. The standard InChI is InChI=1S/C16H18Cl3N3O/c17-12-5-6-13(18)14(11-12)22(9-3-1-2-4-10-23)15-7-8-20-16(19)21-15/h5-8,11,23H,1-4,9-10H2. The molecule has 0 aliphatic rings. The van der Waals surface area contributed by atoms with Crippen molar-refractivity contribution in [2.75, 3.05) is 18.1 Å². The zero-order valence-electron chi connectivity index (χ0n) is 12.6. The first-order valence-electron chi connectivity index (χ1n) is 7.44. The minimum Gasteiger partial charge on any atom is -0.396 e. The molecule has 1 N–H and O–H groups in total. The molecule has 0 fully saturated rings. The highest BCUT2D eigenvalue weighted by molar-refractivity contribution is 6.35. The molecule has 0 saturated carbocycles. The third-order valence-corrected chi connectivity index (χ3v) is 4.11. The fraction of sp³-hybridized carbons (Fsp3) is 0.375. The number of unbranched alkanes of at least 4 members (excludes halogenated alkanes) is 3. The van der Waals surface area contributed by atoms with E-state index in [1.54, 1.807) is 24.4 Å². The Morgan fingerprint density at radius 2 is 1.78 bits per heavy atom. The lowest BCUT2D eigenvalue weighted by molar-refractivity contribution is 0.282. The van der Waals surface area contributed by atoms with Gasteiger partial charge in [-0.3, -0.25) is 0 Å². The highest BCUT2D eigenvalue weighted by Gasteiger charge is 2.15. The van der Waals surface area contributed by atoms with Gasteiger partial charge in [-0.2, -0.15) is 0 Å². The summed E-state index contributed by atoms with van der Waals surface area (Å²) in [6.45, 7) is 0.949. The number of nitrogens with zero attached hydrogens (tertiary/aromatic N) is 3. The maximum absolute atomic E-state index is 8.85. The Labute approximate surface area is 151 Å². The van der Waals surface area contributed by atoms with E-state index in [1.165, 1.54) is 0 Å². The third kappa shape index (κ3) is 5.50. The molecule has 1 aromatic carbocycles. The summed E-state index contributed by atoms with van der Waals surface area (Å²) in [4.78, 5) is 10.2. The summed E-state index contributed by atoms with van der Waals surface area (Å²) in [7, 11) is 0. The molecule has 0 atom stereocenters. The van der Waals surface area contributed by atoms with Gasteiger partial charge in [0, 0.05) is 24.4 Å². The Balaban J connectivity index is 2.22. The van der Waals surface area contributed by atoms with Crippen LogP contribution in [0.25, 0.3) is 0 Å². The molecule has 0 aliphatic heterocycles. The quantitative estimate of drug-likeness (QED) is 0.514. The van der Waals surface area contributed by atoms with Gasteiger partial charge in [-0.25, -0.2) is 9.97 Å². The van der Waals surface area contributed by atoms with Crippen molar-refractivity contribution in [2.45, 2.75) is 25.7 Å². The fourth-order valence-electron chi connectivity index (χ4n) is 2.26. The molecule has 7 heteroatoms. The maximum atomic E-state index is 8.85. The van der Waals surface area contributed by atoms with E-state index in [0.717, 1.165) is 37.9 Å². The van der Waals surface area contributed by atoms with Crippen LogP contribution in [0.4, 0.5) is 11.5 Å². The van der Waals surface area contributed by atoms with Crippen LogP contribution in [0.5, 0.6) is 0 Å². The van der Waals surface area contributed by atoms with E-state index < -0.39 is 0 Å². The summed E-state index contributed by atoms with van der Waals surface area (Å²) in [6.07, 6.45) is 5.36. The van der Waals surface area contributed by atoms with E-state index in [1.807, 2.05) is 11.0 Å². The first-order valence-corrected chi connectivity index (χ1v) is 8.57. The van der Waals surface area contributed by atoms with Crippen LogP contribution in [0.15, 0.2) is 30.5 Å². The topological polar surface area (TPSA) is 49.2 Å². The number of aliphatic hydroxyl groups excluding tert-OH is 1. The average Bonchev–Trinajstić information content (AvgIpc) is 2.53. The lowest BCUT2D eigenvalue weighted by atomic mass is 10.2. The second kappa shape index (κ2) is 9.28. The smallest absolute Gasteiger partial charge is 0.224 e. The van der Waals surface area contributed by atoms with Gasteiger partial charge in [-0.1, -0.05) is 36.0 Å². The van der Waals surface area contributed by atoms with Crippen LogP contribution in [-0.4, -0.2) is 28.2 Å². The van der Waals surface area contributed by atoms with E-state index >= 15 is 0 Å². The van der Waals surface area contributed by atoms with Gasteiger partial charge in [-0.15, -0.1) is 0 Å². The number of rotatable bonds is 8. The lowest BCUT2D eigenvalue weighted by Gasteiger charge is -2.25. The summed E-state index contributed by atoms with van der Waals surface area (Å²) >= 11 is 18.4. The van der Waals surface area contributed by atoms with E-state index in [2.05, 4.69) is 9.97 Å². The van der Waals surface area contributed by atoms with Crippen LogP contribution in [0, 0.1) is 0 Å². The van der Waals surface area contributed by atoms with Crippen LogP contribution in [0.2, 0.25) is 15.3 Å². The van der Waals surface area contributed by atoms with Crippen molar-refractivity contribution in [2.24, 2.45) is 0 Å². The number of anilines is 2. The molecule has 0 amide bonds. The highest BCUT2D eigenvalue weighted by Crippen LogP contribution is 2.33. The molecule has 0 spiro atoms. The molecule has 1 aromatic heterocycles. The first-order chi connectivity index (χ1) is 11.1. The number of aromatic nitrogens is 2. The molecule has 0 saturated heterocycles. The van der Waals surface area contributed by atoms with Crippen LogP contribution >= 0.6 is 34.8 Å². The predicted molar refractivity (Wildman–Crippen MR) is 96.1 cm³/mol. The molecule has 0 unspecified atom stereocenters. The first kappa shape index (κ1) is 18.3. The van der Waals surface area contributed by atoms with Crippen molar-refractivity contribution in [3.8, 4) is 0 Å². The van der Waals surface area contributed by atoms with Gasteiger partial charge >= 0.3 is 0 Å². The van der Waals surface area contributed by atoms with Crippen LogP contribution in [0.3, 0.4) is 0 Å². The zero-order valence-corrected chi connectivity index (χ0v) is 14.8. The van der Waals surface area contributed by atoms with Crippen molar-refractivity contribution >= 4 is 46.3 Å². The monoisotopic (exact) mass is 373 g/mol. The van der Waals surface area contributed by atoms with Gasteiger partial charge in [0.15, 0.2) is 0 Å². The molecule has 23 heavy (non-hydrogen) atoms. The van der Waals surface area contributed by atoms with Crippen molar-refractivity contribution in [3.05, 3.63) is 45.8 Å². The predicted octanol–water partition coefficient (Wildman–Crippen LogP) is 5.13. The largest absolute Gasteiger partial charge is 0.396 e. The number of halogens is 3. The van der Waals surface area contributed by atoms with E-state index in [0.29, 0.717) is 15.9 Å². The SMILES string of the molecule is OCCCCCCN(c1ccnc(Cl)n1)c1cc(Cl)ccc1Cl. The third-order valence-electron chi connectivity index (χ3n) is 3.38. The minimum absolute atomic E-state index is 0.186. The Morgan fingerprint density at radius 1 is 1.00 bits per heavy atom. The van der Waals surface area contributed by atoms with Gasteiger partial charge < -0.3 is 10.0 Å². The minimum atomic E-state index is 0.186. The lowest BCUT2D eigenvalue weighted by Crippen LogP contribution is -2.20. The van der Waals surface area contributed by atoms with Crippen LogP contribution in [0.1, 0.15) is 25.7 Å². The highest BCUT2D eigenvalue weighted by atomic mass is 35.5. The van der Waals surface area contributed by atoms with Gasteiger partial charge in [0.2, 0.25) is 5.28 Å². The number of hydrogen-bond donors (Lipinski definition) is 1. The number of benzene rings is 1. The average molecular weight is 375 g/mol. The van der Waals surface area contributed by atoms with E-state index in [9.17, 15) is 0 Å². The number of aliphatic hydroxyl groups is 1. The molecular formula is C16H18Cl3N3O. The summed E-state index contributed by atoms with van der Waals surface area (Å²) < 4.78 is 0. The summed E-state index contributed by atoms with van der Waals surface area (Å²) in [5, 5.41) is 10.2. The van der Waals surface area contributed by atoms with Crippen LogP contribution in [-0.2, 0) is 0 Å². The molecule has 0 bridgehead atoms. The molecule has 4 nitrogen and oxygen atoms in total. The molecule has 1 heterocycles. The molecule has 0 aliphatic carbocycles. The van der Waals surface area contributed by atoms with E-state index in [4.69, 9.17) is 39.9 Å². The summed E-state index contributed by atoms with van der Waals surface area (Å²) in [5.41, 5.74) is 0.788. The Bertz CT molecular complexity index is 640. The van der Waals surface area contributed by atoms with Crippen molar-refractivity contribution in [1.29, 1.82) is 0 Å². The van der Waals surface area contributed by atoms with Crippen molar-refractivity contribution in [3.63, 3.8) is 0 Å². The van der Waals surface area contributed by atoms with Crippen molar-refractivity contribution in [1.82, 2.24) is 9.97 Å². The fourth-order valence-corrected chi connectivity index (χ4v) is 2.79. The summed E-state index contributed by atoms with van der Waals surface area (Å²) in [6, 6.07) is 7.12. The number of hydrogen-bond acceptors (Lipinski definition) is 4. The molecule has 0 radical (unpaired) electrons. The summed E-state index contributed by atoms with van der Waals surface area (Å²) in [5.74, 6) is 0.677. The Hall–Kier alpha value is -1.07. The van der Waals surface area contributed by atoms with Crippen LogP contribution < -0.4 is 4.90 Å². The normalized spacial score (nSPS) is 10.8. The second-order valence-corrected chi connectivity index (χ2v) is 6.25. The van der Waals surface area contributed by atoms with Crippen molar-refractivity contribution < 1.29 is 5.11 Å². The van der Waals surface area contributed by atoms with Gasteiger partial charge in [-0.05, 0) is 48.7 Å². The zero-order chi connectivity index (χ0) is 16.7. The van der Waals surface area contributed by atoms with Gasteiger partial charge in [0.1, 0.15) is 5.82 Å². The second-order valence-electron chi connectivity index (χ2n) is 5.07. The molecular weight excluding hydrogens is 357 g/mol. The maximum Gasteiger partial charge on any atom is 0.224 e. The molecule has 124 valence electrons. The van der Waals surface area contributed by atoms with E-state index in [-0.39, 0.29) is 11.9 Å².